The number of carbonyl (C=O) groups is 1. The van der Waals surface area contributed by atoms with Gasteiger partial charge in [0.15, 0.2) is 5.82 Å². The van der Waals surface area contributed by atoms with Gasteiger partial charge in [0.25, 0.3) is 0 Å². The Morgan fingerprint density at radius 2 is 2.40 bits per heavy atom. The van der Waals surface area contributed by atoms with Crippen LogP contribution >= 0.6 is 12.2 Å². The molecule has 15 heavy (non-hydrogen) atoms. The highest BCUT2D eigenvalue weighted by atomic mass is 32.1. The fourth-order valence-electron chi connectivity index (χ4n) is 1.18. The van der Waals surface area contributed by atoms with Crippen molar-refractivity contribution in [3.63, 3.8) is 0 Å². The minimum Gasteiger partial charge on any atom is -0.387 e. The van der Waals surface area contributed by atoms with Crippen LogP contribution in [0.5, 0.6) is 0 Å². The molecule has 0 spiro atoms. The van der Waals surface area contributed by atoms with E-state index in [1.54, 1.807) is 17.0 Å². The quantitative estimate of drug-likeness (QED) is 0.711. The van der Waals surface area contributed by atoms with Crippen LogP contribution in [0.2, 0.25) is 0 Å². The van der Waals surface area contributed by atoms with Crippen LogP contribution in [0, 0.1) is 0 Å². The molecule has 0 aliphatic heterocycles. The molecule has 1 amide bonds. The number of rotatable bonds is 4. The maximum absolute atomic E-state index is 11.5. The number of nitrogens with two attached hydrogens (primary N) is 1. The molecule has 0 aliphatic rings. The molecule has 1 heterocycles. The fourth-order valence-corrected chi connectivity index (χ4v) is 1.35. The van der Waals surface area contributed by atoms with Gasteiger partial charge in [0.2, 0.25) is 5.91 Å². The minimum absolute atomic E-state index is 0.0829. The normalized spacial score (nSPS) is 10.3. The Bertz CT molecular complexity index is 372. The van der Waals surface area contributed by atoms with Crippen LogP contribution in [0.1, 0.15) is 19.7 Å². The second-order valence-corrected chi connectivity index (χ2v) is 3.91. The van der Waals surface area contributed by atoms with Gasteiger partial charge < -0.3 is 15.6 Å². The summed E-state index contributed by atoms with van der Waals surface area (Å²) in [4.78, 5) is 15.6. The third-order valence-corrected chi connectivity index (χ3v) is 1.88. The number of carbonyl (C=O) groups excluding carboxylic acids is 1. The molecule has 82 valence electrons. The van der Waals surface area contributed by atoms with Crippen molar-refractivity contribution < 1.29 is 4.79 Å². The van der Waals surface area contributed by atoms with Crippen LogP contribution in [0.3, 0.4) is 0 Å². The van der Waals surface area contributed by atoms with Gasteiger partial charge in [-0.1, -0.05) is 12.2 Å². The second kappa shape index (κ2) is 4.88. The molecule has 0 aliphatic carbocycles. The first-order valence-corrected chi connectivity index (χ1v) is 5.02. The average Bonchev–Trinajstić information content (AvgIpc) is 2.50. The molecule has 6 heteroatoms. The summed E-state index contributed by atoms with van der Waals surface area (Å²) in [5.41, 5.74) is 5.45. The van der Waals surface area contributed by atoms with Gasteiger partial charge in [-0.2, -0.15) is 0 Å². The maximum Gasteiger partial charge on any atom is 0.240 e. The molecule has 0 radical (unpaired) electrons. The summed E-state index contributed by atoms with van der Waals surface area (Å²) >= 11 is 4.81. The van der Waals surface area contributed by atoms with Crippen LogP contribution in [0.4, 0.5) is 0 Å². The Balaban J connectivity index is 2.68. The Labute approximate surface area is 93.7 Å². The van der Waals surface area contributed by atoms with E-state index in [4.69, 9.17) is 18.0 Å². The molecule has 5 nitrogen and oxygen atoms in total. The van der Waals surface area contributed by atoms with Crippen LogP contribution in [0.25, 0.3) is 0 Å². The first kappa shape index (κ1) is 11.6. The van der Waals surface area contributed by atoms with Gasteiger partial charge in [0.1, 0.15) is 11.5 Å². The third kappa shape index (κ3) is 3.32. The summed E-state index contributed by atoms with van der Waals surface area (Å²) in [6.45, 7) is 3.99. The number of aromatic nitrogens is 2. The number of nitrogens with one attached hydrogen (secondary N) is 1. The van der Waals surface area contributed by atoms with Crippen molar-refractivity contribution in [2.24, 2.45) is 5.73 Å². The van der Waals surface area contributed by atoms with Crippen molar-refractivity contribution in [1.29, 1.82) is 0 Å². The highest BCUT2D eigenvalue weighted by Crippen LogP contribution is 1.97. The molecule has 1 rings (SSSR count). The molecule has 0 fully saturated rings. The van der Waals surface area contributed by atoms with Crippen molar-refractivity contribution in [3.05, 3.63) is 18.2 Å². The van der Waals surface area contributed by atoms with Gasteiger partial charge >= 0.3 is 0 Å². The van der Waals surface area contributed by atoms with Crippen molar-refractivity contribution >= 4 is 23.1 Å². The summed E-state index contributed by atoms with van der Waals surface area (Å²) in [7, 11) is 0. The SMILES string of the molecule is CC(C)NC(=O)Cn1ccnc1C(N)=S. The number of hydrogen-bond acceptors (Lipinski definition) is 3. The fraction of sp³-hybridized carbons (Fsp3) is 0.444. The zero-order chi connectivity index (χ0) is 11.4. The number of thiocarbonyl (C=S) groups is 1. The van der Waals surface area contributed by atoms with Crippen molar-refractivity contribution in [2.45, 2.75) is 26.4 Å². The Hall–Kier alpha value is -1.43. The molecule has 3 N–H and O–H groups in total. The molecule has 0 bridgehead atoms. The van der Waals surface area contributed by atoms with Gasteiger partial charge in [-0.3, -0.25) is 4.79 Å². The van der Waals surface area contributed by atoms with Gasteiger partial charge in [0.05, 0.1) is 0 Å². The lowest BCUT2D eigenvalue weighted by atomic mass is 10.4. The summed E-state index contributed by atoms with van der Waals surface area (Å²) < 4.78 is 1.63. The lowest BCUT2D eigenvalue weighted by molar-refractivity contribution is -0.122. The van der Waals surface area contributed by atoms with E-state index < -0.39 is 0 Å². The van der Waals surface area contributed by atoms with E-state index in [2.05, 4.69) is 10.3 Å². The number of nitrogens with zero attached hydrogens (tertiary/aromatic N) is 2. The molecule has 0 saturated carbocycles. The monoisotopic (exact) mass is 226 g/mol. The molecule has 0 saturated heterocycles. The minimum atomic E-state index is -0.0829. The second-order valence-electron chi connectivity index (χ2n) is 3.47. The van der Waals surface area contributed by atoms with Crippen LogP contribution in [-0.2, 0) is 11.3 Å². The lowest BCUT2D eigenvalue weighted by Gasteiger charge is -2.10. The van der Waals surface area contributed by atoms with Crippen LogP contribution in [0.15, 0.2) is 12.4 Å². The van der Waals surface area contributed by atoms with Crippen molar-refractivity contribution in [2.75, 3.05) is 0 Å². The molecular formula is C9H14N4OS. The zero-order valence-electron chi connectivity index (χ0n) is 8.73. The van der Waals surface area contributed by atoms with E-state index >= 15 is 0 Å². The summed E-state index contributed by atoms with van der Waals surface area (Å²) in [6.07, 6.45) is 3.24. The smallest absolute Gasteiger partial charge is 0.240 e. The first-order chi connectivity index (χ1) is 7.00. The summed E-state index contributed by atoms with van der Waals surface area (Å²) in [5, 5.41) is 2.78. The standard InChI is InChI=1S/C9H14N4OS/c1-6(2)12-7(14)5-13-4-3-11-9(13)8(10)15/h3-4,6H,5H2,1-2H3,(H2,10,15)(H,12,14). The van der Waals surface area contributed by atoms with Crippen molar-refractivity contribution in [3.8, 4) is 0 Å². The first-order valence-electron chi connectivity index (χ1n) is 4.61. The predicted octanol–water partition coefficient (Wildman–Crippen LogP) is 0.0419. The molecule has 0 unspecified atom stereocenters. The van der Waals surface area contributed by atoms with E-state index in [9.17, 15) is 4.79 Å². The van der Waals surface area contributed by atoms with E-state index in [0.29, 0.717) is 5.82 Å². The van der Waals surface area contributed by atoms with Gasteiger partial charge in [-0.05, 0) is 13.8 Å². The molecule has 1 aromatic rings. The number of amides is 1. The molecular weight excluding hydrogens is 212 g/mol. The molecule has 1 aromatic heterocycles. The lowest BCUT2D eigenvalue weighted by Crippen LogP contribution is -2.34. The number of hydrogen-bond donors (Lipinski definition) is 2. The Kier molecular flexibility index (Phi) is 3.79. The van der Waals surface area contributed by atoms with Gasteiger partial charge in [-0.15, -0.1) is 0 Å². The van der Waals surface area contributed by atoms with E-state index in [-0.39, 0.29) is 23.5 Å². The topological polar surface area (TPSA) is 72.9 Å². The zero-order valence-corrected chi connectivity index (χ0v) is 9.54. The Morgan fingerprint density at radius 1 is 1.73 bits per heavy atom. The summed E-state index contributed by atoms with van der Waals surface area (Å²) in [6, 6.07) is 0.120. The van der Waals surface area contributed by atoms with Crippen molar-refractivity contribution in [1.82, 2.24) is 14.9 Å². The van der Waals surface area contributed by atoms with Crippen LogP contribution < -0.4 is 11.1 Å². The van der Waals surface area contributed by atoms with Crippen LogP contribution in [-0.4, -0.2) is 26.5 Å². The van der Waals surface area contributed by atoms with Gasteiger partial charge in [-0.25, -0.2) is 4.98 Å². The third-order valence-electron chi connectivity index (χ3n) is 1.70. The van der Waals surface area contributed by atoms with Gasteiger partial charge in [0, 0.05) is 18.4 Å². The van der Waals surface area contributed by atoms with E-state index in [0.717, 1.165) is 0 Å². The maximum atomic E-state index is 11.5. The summed E-state index contributed by atoms with van der Waals surface area (Å²) in [5.74, 6) is 0.379. The molecule has 0 aromatic carbocycles. The van der Waals surface area contributed by atoms with E-state index in [1.807, 2.05) is 13.8 Å². The Morgan fingerprint density at radius 3 is 2.93 bits per heavy atom. The average molecular weight is 226 g/mol. The molecule has 0 atom stereocenters. The van der Waals surface area contributed by atoms with E-state index in [1.165, 1.54) is 0 Å². The highest BCUT2D eigenvalue weighted by molar-refractivity contribution is 7.80. The highest BCUT2D eigenvalue weighted by Gasteiger charge is 2.09. The predicted molar refractivity (Wildman–Crippen MR) is 61.4 cm³/mol. The number of imidazole rings is 1. The largest absolute Gasteiger partial charge is 0.387 e.